The molecule has 19 heavy (non-hydrogen) atoms. The molecule has 106 valence electrons. The van der Waals surface area contributed by atoms with Gasteiger partial charge < -0.3 is 14.6 Å². The zero-order valence-corrected chi connectivity index (χ0v) is 11.2. The van der Waals surface area contributed by atoms with Crippen molar-refractivity contribution in [2.45, 2.75) is 38.9 Å². The second-order valence-corrected chi connectivity index (χ2v) is 4.67. The lowest BCUT2D eigenvalue weighted by molar-refractivity contribution is -0.143. The van der Waals surface area contributed by atoms with Crippen LogP contribution in [0.5, 0.6) is 0 Å². The lowest BCUT2D eigenvalue weighted by Crippen LogP contribution is -2.18. The molecular weight excluding hydrogens is 248 g/mol. The lowest BCUT2D eigenvalue weighted by Gasteiger charge is -2.16. The van der Waals surface area contributed by atoms with E-state index >= 15 is 0 Å². The zero-order valence-electron chi connectivity index (χ0n) is 11.2. The minimum atomic E-state index is -0.446. The summed E-state index contributed by atoms with van der Waals surface area (Å²) in [4.78, 5) is 23.0. The van der Waals surface area contributed by atoms with Crippen LogP contribution in [0.25, 0.3) is 0 Å². The number of hydrogen-bond donors (Lipinski definition) is 1. The summed E-state index contributed by atoms with van der Waals surface area (Å²) in [6, 6.07) is 0. The molecule has 0 aromatic rings. The molecule has 0 saturated heterocycles. The molecule has 0 amide bonds. The Morgan fingerprint density at radius 1 is 1.16 bits per heavy atom. The number of aliphatic hydroxyl groups excluding tert-OH is 1. The number of ether oxygens (including phenoxy) is 2. The number of esters is 2. The highest BCUT2D eigenvalue weighted by Gasteiger charge is 2.15. The van der Waals surface area contributed by atoms with Gasteiger partial charge in [0.25, 0.3) is 0 Å². The van der Waals surface area contributed by atoms with Gasteiger partial charge in [0.2, 0.25) is 0 Å². The summed E-state index contributed by atoms with van der Waals surface area (Å²) in [5, 5.41) is 9.22. The molecule has 1 rings (SSSR count). The quantitative estimate of drug-likeness (QED) is 0.727. The minimum Gasteiger partial charge on any atom is -0.459 e. The third-order valence-electron chi connectivity index (χ3n) is 2.73. The molecule has 0 spiro atoms. The maximum absolute atomic E-state index is 11.5. The Bertz CT molecular complexity index is 372. The van der Waals surface area contributed by atoms with Crippen molar-refractivity contribution in [1.29, 1.82) is 0 Å². The van der Waals surface area contributed by atoms with Gasteiger partial charge in [-0.05, 0) is 20.3 Å². The molecule has 5 nitrogen and oxygen atoms in total. The molecule has 3 unspecified atom stereocenters. The fourth-order valence-electron chi connectivity index (χ4n) is 1.78. The molecule has 0 aromatic heterocycles. The summed E-state index contributed by atoms with van der Waals surface area (Å²) >= 11 is 0. The van der Waals surface area contributed by atoms with E-state index in [2.05, 4.69) is 0 Å². The number of cyclic esters (lactones) is 2. The second kappa shape index (κ2) is 7.74. The third-order valence-corrected chi connectivity index (χ3v) is 2.73. The van der Waals surface area contributed by atoms with Gasteiger partial charge in [-0.15, -0.1) is 0 Å². The molecule has 3 atom stereocenters. The van der Waals surface area contributed by atoms with Crippen molar-refractivity contribution in [3.05, 3.63) is 24.3 Å². The van der Waals surface area contributed by atoms with Gasteiger partial charge in [0.05, 0.1) is 6.10 Å². The van der Waals surface area contributed by atoms with Crippen LogP contribution in [0.4, 0.5) is 0 Å². The predicted molar refractivity (Wildman–Crippen MR) is 69.2 cm³/mol. The fourth-order valence-corrected chi connectivity index (χ4v) is 1.78. The average Bonchev–Trinajstić information content (AvgIpc) is 2.33. The fraction of sp³-hybridized carbons (Fsp3) is 0.571. The Morgan fingerprint density at radius 2 is 1.79 bits per heavy atom. The van der Waals surface area contributed by atoms with E-state index in [-0.39, 0.29) is 24.7 Å². The van der Waals surface area contributed by atoms with Gasteiger partial charge in [0.15, 0.2) is 0 Å². The molecule has 1 heterocycles. The van der Waals surface area contributed by atoms with Gasteiger partial charge in [-0.1, -0.05) is 12.2 Å². The maximum atomic E-state index is 11.5. The monoisotopic (exact) mass is 268 g/mol. The van der Waals surface area contributed by atoms with Gasteiger partial charge in [-0.2, -0.15) is 0 Å². The third kappa shape index (κ3) is 6.20. The van der Waals surface area contributed by atoms with Gasteiger partial charge in [0, 0.05) is 31.1 Å². The second-order valence-electron chi connectivity index (χ2n) is 4.67. The first kappa shape index (κ1) is 15.4. The summed E-state index contributed by atoms with van der Waals surface area (Å²) in [6.07, 6.45) is 6.12. The minimum absolute atomic E-state index is 0.114. The van der Waals surface area contributed by atoms with Crippen molar-refractivity contribution in [3.63, 3.8) is 0 Å². The Kier molecular flexibility index (Phi) is 6.29. The summed E-state index contributed by atoms with van der Waals surface area (Å²) in [6.45, 7) is 3.38. The van der Waals surface area contributed by atoms with Crippen LogP contribution < -0.4 is 0 Å². The van der Waals surface area contributed by atoms with Crippen molar-refractivity contribution in [2.75, 3.05) is 6.61 Å². The van der Waals surface area contributed by atoms with E-state index in [1.807, 2.05) is 0 Å². The Labute approximate surface area is 112 Å². The van der Waals surface area contributed by atoms with Crippen molar-refractivity contribution in [1.82, 2.24) is 0 Å². The van der Waals surface area contributed by atoms with Gasteiger partial charge in [-0.3, -0.25) is 0 Å². The summed E-state index contributed by atoms with van der Waals surface area (Å²) < 4.78 is 10.3. The van der Waals surface area contributed by atoms with E-state index in [4.69, 9.17) is 9.47 Å². The maximum Gasteiger partial charge on any atom is 0.330 e. The number of aliphatic hydroxyl groups is 1. The lowest BCUT2D eigenvalue weighted by atomic mass is 10.0. The molecule has 0 saturated carbocycles. The molecule has 1 aliphatic heterocycles. The number of rotatable bonds is 1. The van der Waals surface area contributed by atoms with Crippen LogP contribution in [0, 0.1) is 5.92 Å². The Hall–Kier alpha value is -1.62. The highest BCUT2D eigenvalue weighted by molar-refractivity contribution is 5.82. The molecule has 0 radical (unpaired) electrons. The first-order valence-electron chi connectivity index (χ1n) is 6.38. The highest BCUT2D eigenvalue weighted by Crippen LogP contribution is 2.12. The van der Waals surface area contributed by atoms with E-state index < -0.39 is 11.9 Å². The molecule has 0 aliphatic carbocycles. The Balaban J connectivity index is 2.79. The predicted octanol–water partition coefficient (Wildman–Crippen LogP) is 1.36. The standard InChI is InChI=1S/C14H20O5/c1-10-4-3-5-13(16)19-11(2)8-12(9-15)6-7-14(17)18-10/h3,5-7,10-12,15H,4,8-9H2,1-2H3. The van der Waals surface area contributed by atoms with E-state index in [1.165, 1.54) is 12.2 Å². The van der Waals surface area contributed by atoms with Gasteiger partial charge in [0.1, 0.15) is 6.10 Å². The van der Waals surface area contributed by atoms with Crippen molar-refractivity contribution in [2.24, 2.45) is 5.92 Å². The van der Waals surface area contributed by atoms with Gasteiger partial charge >= 0.3 is 11.9 Å². The molecule has 0 aromatic carbocycles. The van der Waals surface area contributed by atoms with E-state index in [0.29, 0.717) is 12.8 Å². The van der Waals surface area contributed by atoms with Crippen LogP contribution in [-0.4, -0.2) is 35.9 Å². The highest BCUT2D eigenvalue weighted by atomic mass is 16.5. The van der Waals surface area contributed by atoms with Crippen LogP contribution in [0.1, 0.15) is 26.7 Å². The summed E-state index contributed by atoms with van der Waals surface area (Å²) in [7, 11) is 0. The molecule has 1 aliphatic rings. The smallest absolute Gasteiger partial charge is 0.330 e. The SMILES string of the molecule is CC1CC=CC(=O)OC(C)CC(CO)C=CC(=O)O1. The van der Waals surface area contributed by atoms with Crippen molar-refractivity contribution < 1.29 is 24.2 Å². The van der Waals surface area contributed by atoms with E-state index in [0.717, 1.165) is 0 Å². The van der Waals surface area contributed by atoms with Gasteiger partial charge in [-0.25, -0.2) is 9.59 Å². The molecule has 5 heteroatoms. The number of carbonyl (C=O) groups is 2. The molecular formula is C14H20O5. The zero-order chi connectivity index (χ0) is 14.3. The molecule has 1 N–H and O–H groups in total. The summed E-state index contributed by atoms with van der Waals surface area (Å²) in [5.41, 5.74) is 0. The first-order valence-corrected chi connectivity index (χ1v) is 6.38. The first-order chi connectivity index (χ1) is 9.01. The van der Waals surface area contributed by atoms with Crippen LogP contribution in [0.15, 0.2) is 24.3 Å². The van der Waals surface area contributed by atoms with Crippen molar-refractivity contribution in [3.8, 4) is 0 Å². The number of carbonyl (C=O) groups excluding carboxylic acids is 2. The number of hydrogen-bond acceptors (Lipinski definition) is 5. The normalized spacial score (nSPS) is 29.7. The molecule has 0 fully saturated rings. The largest absolute Gasteiger partial charge is 0.459 e. The van der Waals surface area contributed by atoms with Crippen LogP contribution in [0.3, 0.4) is 0 Å². The van der Waals surface area contributed by atoms with E-state index in [1.54, 1.807) is 26.0 Å². The topological polar surface area (TPSA) is 72.8 Å². The molecule has 0 bridgehead atoms. The van der Waals surface area contributed by atoms with E-state index in [9.17, 15) is 14.7 Å². The van der Waals surface area contributed by atoms with Crippen LogP contribution in [0.2, 0.25) is 0 Å². The average molecular weight is 268 g/mol. The van der Waals surface area contributed by atoms with Crippen LogP contribution >= 0.6 is 0 Å². The summed E-state index contributed by atoms with van der Waals surface area (Å²) in [5.74, 6) is -1.11. The van der Waals surface area contributed by atoms with Crippen LogP contribution in [-0.2, 0) is 19.1 Å². The Morgan fingerprint density at radius 3 is 2.47 bits per heavy atom. The van der Waals surface area contributed by atoms with Crippen molar-refractivity contribution >= 4 is 11.9 Å².